The predicted octanol–water partition coefficient (Wildman–Crippen LogP) is 0.494. The molecule has 76 valence electrons. The molecule has 2 N–H and O–H groups in total. The van der Waals surface area contributed by atoms with Crippen molar-refractivity contribution < 1.29 is 23.4 Å². The zero-order chi connectivity index (χ0) is 10.9. The molecule has 5 nitrogen and oxygen atoms in total. The minimum absolute atomic E-state index is 0.283. The van der Waals surface area contributed by atoms with Crippen molar-refractivity contribution in [2.75, 3.05) is 6.26 Å². The van der Waals surface area contributed by atoms with Crippen LogP contribution in [0, 0.1) is 0 Å². The molecule has 1 aromatic carbocycles. The minimum Gasteiger partial charge on any atom is -0.508 e. The molecule has 1 rings (SSSR count). The van der Waals surface area contributed by atoms with Crippen molar-refractivity contribution in [2.45, 2.75) is 4.90 Å². The SMILES string of the molecule is CS(=O)(=O)c1ccc(O)cc1C(=O)O. The van der Waals surface area contributed by atoms with E-state index < -0.39 is 21.4 Å². The lowest BCUT2D eigenvalue weighted by Crippen LogP contribution is -2.07. The van der Waals surface area contributed by atoms with Crippen molar-refractivity contribution in [3.8, 4) is 5.75 Å². The van der Waals surface area contributed by atoms with E-state index in [0.29, 0.717) is 0 Å². The van der Waals surface area contributed by atoms with Gasteiger partial charge in [0.25, 0.3) is 0 Å². The summed E-state index contributed by atoms with van der Waals surface area (Å²) in [5, 5.41) is 17.7. The van der Waals surface area contributed by atoms with Gasteiger partial charge in [-0.25, -0.2) is 13.2 Å². The quantitative estimate of drug-likeness (QED) is 0.750. The zero-order valence-electron chi connectivity index (χ0n) is 7.26. The van der Waals surface area contributed by atoms with Gasteiger partial charge < -0.3 is 10.2 Å². The highest BCUT2D eigenvalue weighted by Crippen LogP contribution is 2.20. The largest absolute Gasteiger partial charge is 0.508 e. The van der Waals surface area contributed by atoms with Gasteiger partial charge in [0.2, 0.25) is 0 Å². The maximum Gasteiger partial charge on any atom is 0.337 e. The van der Waals surface area contributed by atoms with Crippen LogP contribution in [0.4, 0.5) is 0 Å². The van der Waals surface area contributed by atoms with Crippen molar-refractivity contribution in [3.63, 3.8) is 0 Å². The number of aromatic carboxylic acids is 1. The van der Waals surface area contributed by atoms with Crippen molar-refractivity contribution >= 4 is 15.8 Å². The number of benzene rings is 1. The highest BCUT2D eigenvalue weighted by atomic mass is 32.2. The Morgan fingerprint density at radius 3 is 2.36 bits per heavy atom. The van der Waals surface area contributed by atoms with Crippen molar-refractivity contribution in [1.29, 1.82) is 0 Å². The summed E-state index contributed by atoms with van der Waals surface area (Å²) >= 11 is 0. The van der Waals surface area contributed by atoms with Gasteiger partial charge in [0, 0.05) is 6.26 Å². The Bertz CT molecular complexity index is 475. The van der Waals surface area contributed by atoms with Gasteiger partial charge in [-0.3, -0.25) is 0 Å². The van der Waals surface area contributed by atoms with Gasteiger partial charge >= 0.3 is 5.97 Å². The standard InChI is InChI=1S/C8H8O5S/c1-14(12,13)7-3-2-5(9)4-6(7)8(10)11/h2-4,9H,1H3,(H,10,11). The summed E-state index contributed by atoms with van der Waals surface area (Å²) in [4.78, 5) is 10.3. The molecule has 0 aliphatic heterocycles. The molecule has 0 aromatic heterocycles. The number of hydrogen-bond acceptors (Lipinski definition) is 4. The first-order chi connectivity index (χ1) is 6.32. The van der Waals surface area contributed by atoms with Gasteiger partial charge in [-0.1, -0.05) is 0 Å². The number of sulfone groups is 1. The third-order valence-corrected chi connectivity index (χ3v) is 2.75. The molecule has 0 saturated carbocycles. The van der Waals surface area contributed by atoms with Crippen molar-refractivity contribution in [2.24, 2.45) is 0 Å². The fourth-order valence-corrected chi connectivity index (χ4v) is 1.87. The van der Waals surface area contributed by atoms with E-state index in [9.17, 15) is 13.2 Å². The molecule has 0 unspecified atom stereocenters. The van der Waals surface area contributed by atoms with Gasteiger partial charge in [0.1, 0.15) is 5.75 Å². The monoisotopic (exact) mass is 216 g/mol. The fourth-order valence-electron chi connectivity index (χ4n) is 1.01. The number of carboxylic acid groups (broad SMARTS) is 1. The van der Waals surface area contributed by atoms with Crippen LogP contribution in [-0.2, 0) is 9.84 Å². The summed E-state index contributed by atoms with van der Waals surface area (Å²) in [6, 6.07) is 3.09. The fraction of sp³-hybridized carbons (Fsp3) is 0.125. The zero-order valence-corrected chi connectivity index (χ0v) is 8.08. The van der Waals surface area contributed by atoms with Crippen LogP contribution in [0.2, 0.25) is 0 Å². The first-order valence-electron chi connectivity index (χ1n) is 3.59. The van der Waals surface area contributed by atoms with Gasteiger partial charge in [-0.05, 0) is 18.2 Å². The minimum atomic E-state index is -3.59. The lowest BCUT2D eigenvalue weighted by molar-refractivity contribution is 0.0692. The van der Waals surface area contributed by atoms with Gasteiger partial charge in [0.15, 0.2) is 9.84 Å². The summed E-state index contributed by atoms with van der Waals surface area (Å²) in [5.41, 5.74) is -0.424. The molecule has 0 amide bonds. The molecule has 14 heavy (non-hydrogen) atoms. The normalized spacial score (nSPS) is 11.2. The van der Waals surface area contributed by atoms with E-state index >= 15 is 0 Å². The molecule has 0 saturated heterocycles. The Kier molecular flexibility index (Phi) is 2.48. The van der Waals surface area contributed by atoms with Crippen molar-refractivity contribution in [1.82, 2.24) is 0 Å². The third kappa shape index (κ3) is 2.02. The van der Waals surface area contributed by atoms with E-state index in [4.69, 9.17) is 10.2 Å². The maximum absolute atomic E-state index is 11.1. The van der Waals surface area contributed by atoms with E-state index in [-0.39, 0.29) is 10.6 Å². The van der Waals surface area contributed by atoms with Crippen LogP contribution in [0.25, 0.3) is 0 Å². The molecular formula is C8H8O5S. The van der Waals surface area contributed by atoms with E-state index in [1.807, 2.05) is 0 Å². The number of phenolic OH excluding ortho intramolecular Hbond substituents is 1. The Labute approximate surface area is 80.5 Å². The molecule has 0 atom stereocenters. The second-order valence-corrected chi connectivity index (χ2v) is 4.74. The molecule has 0 aliphatic rings. The topological polar surface area (TPSA) is 91.7 Å². The highest BCUT2D eigenvalue weighted by Gasteiger charge is 2.18. The summed E-state index contributed by atoms with van der Waals surface area (Å²) in [6.07, 6.45) is 0.909. The molecule has 0 aliphatic carbocycles. The summed E-state index contributed by atoms with van der Waals surface area (Å²) in [5.74, 6) is -1.67. The molecule has 0 fully saturated rings. The van der Waals surface area contributed by atoms with Crippen LogP contribution in [0.5, 0.6) is 5.75 Å². The van der Waals surface area contributed by atoms with E-state index in [2.05, 4.69) is 0 Å². The first-order valence-corrected chi connectivity index (χ1v) is 5.48. The molecule has 1 aromatic rings. The molecule has 0 heterocycles. The predicted molar refractivity (Wildman–Crippen MR) is 48.2 cm³/mol. The van der Waals surface area contributed by atoms with Crippen molar-refractivity contribution in [3.05, 3.63) is 23.8 Å². The van der Waals surface area contributed by atoms with Gasteiger partial charge in [-0.2, -0.15) is 0 Å². The lowest BCUT2D eigenvalue weighted by Gasteiger charge is -2.03. The maximum atomic E-state index is 11.1. The second-order valence-electron chi connectivity index (χ2n) is 2.76. The number of hydrogen-bond donors (Lipinski definition) is 2. The van der Waals surface area contributed by atoms with Crippen LogP contribution in [-0.4, -0.2) is 30.9 Å². The number of rotatable bonds is 2. The Hall–Kier alpha value is -1.56. The molecule has 6 heteroatoms. The van der Waals surface area contributed by atoms with Crippen LogP contribution in [0.3, 0.4) is 0 Å². The molecule has 0 spiro atoms. The summed E-state index contributed by atoms with van der Waals surface area (Å²) in [7, 11) is -3.59. The Morgan fingerprint density at radius 1 is 1.36 bits per heavy atom. The number of carboxylic acids is 1. The number of phenols is 1. The second kappa shape index (κ2) is 3.30. The van der Waals surface area contributed by atoms with Crippen LogP contribution in [0.15, 0.2) is 23.1 Å². The molecule has 0 radical (unpaired) electrons. The van der Waals surface area contributed by atoms with Crippen LogP contribution >= 0.6 is 0 Å². The Balaban J connectivity index is 3.53. The van der Waals surface area contributed by atoms with E-state index in [1.165, 1.54) is 0 Å². The molecule has 0 bridgehead atoms. The third-order valence-electron chi connectivity index (χ3n) is 1.59. The first kappa shape index (κ1) is 10.5. The van der Waals surface area contributed by atoms with E-state index in [1.54, 1.807) is 0 Å². The van der Waals surface area contributed by atoms with E-state index in [0.717, 1.165) is 24.5 Å². The average Bonchev–Trinajstić information content (AvgIpc) is 2.01. The Morgan fingerprint density at radius 2 is 1.93 bits per heavy atom. The average molecular weight is 216 g/mol. The molecular weight excluding hydrogens is 208 g/mol. The van der Waals surface area contributed by atoms with Gasteiger partial charge in [0.05, 0.1) is 10.5 Å². The highest BCUT2D eigenvalue weighted by molar-refractivity contribution is 7.90. The van der Waals surface area contributed by atoms with Crippen LogP contribution < -0.4 is 0 Å². The van der Waals surface area contributed by atoms with Gasteiger partial charge in [-0.15, -0.1) is 0 Å². The smallest absolute Gasteiger partial charge is 0.337 e. The summed E-state index contributed by atoms with van der Waals surface area (Å²) < 4.78 is 22.2. The lowest BCUT2D eigenvalue weighted by atomic mass is 10.2. The summed E-state index contributed by atoms with van der Waals surface area (Å²) in [6.45, 7) is 0. The number of carbonyl (C=O) groups is 1. The number of aromatic hydroxyl groups is 1. The van der Waals surface area contributed by atoms with Crippen LogP contribution in [0.1, 0.15) is 10.4 Å².